The normalized spacial score (nSPS) is 21.9. The highest BCUT2D eigenvalue weighted by atomic mass is 16.1. The van der Waals surface area contributed by atoms with Crippen molar-refractivity contribution in [3.8, 4) is 6.19 Å². The van der Waals surface area contributed by atoms with E-state index < -0.39 is 0 Å². The third-order valence-electron chi connectivity index (χ3n) is 2.37. The summed E-state index contributed by atoms with van der Waals surface area (Å²) in [4.78, 5) is 10.9. The van der Waals surface area contributed by atoms with E-state index in [2.05, 4.69) is 10.6 Å². The minimum Gasteiger partial charge on any atom is -0.316 e. The zero-order valence-corrected chi connectivity index (χ0v) is 7.68. The third-order valence-corrected chi connectivity index (χ3v) is 2.37. The van der Waals surface area contributed by atoms with E-state index >= 15 is 0 Å². The van der Waals surface area contributed by atoms with Crippen LogP contribution in [0.15, 0.2) is 0 Å². The van der Waals surface area contributed by atoms with Crippen molar-refractivity contribution in [2.24, 2.45) is 5.92 Å². The van der Waals surface area contributed by atoms with Crippen molar-refractivity contribution >= 4 is 5.91 Å². The van der Waals surface area contributed by atoms with Gasteiger partial charge < -0.3 is 5.32 Å². The maximum atomic E-state index is 10.9. The second-order valence-corrected chi connectivity index (χ2v) is 3.41. The van der Waals surface area contributed by atoms with E-state index in [0.717, 1.165) is 19.5 Å². The van der Waals surface area contributed by atoms with Crippen molar-refractivity contribution < 1.29 is 4.79 Å². The van der Waals surface area contributed by atoms with Gasteiger partial charge in [-0.15, -0.1) is 0 Å². The quantitative estimate of drug-likeness (QED) is 0.488. The van der Waals surface area contributed by atoms with E-state index in [1.165, 1.54) is 12.8 Å². The fraction of sp³-hybridized carbons (Fsp3) is 0.778. The molecule has 0 aliphatic carbocycles. The SMILES string of the molecule is N#CNC(=O)CCC1CCCNC1. The van der Waals surface area contributed by atoms with Crippen LogP contribution in [0.1, 0.15) is 25.7 Å². The van der Waals surface area contributed by atoms with E-state index in [0.29, 0.717) is 12.3 Å². The number of nitriles is 1. The molecule has 1 fully saturated rings. The monoisotopic (exact) mass is 181 g/mol. The average molecular weight is 181 g/mol. The Morgan fingerprint density at radius 3 is 3.15 bits per heavy atom. The van der Waals surface area contributed by atoms with Gasteiger partial charge in [-0.05, 0) is 38.3 Å². The highest BCUT2D eigenvalue weighted by molar-refractivity contribution is 5.77. The predicted octanol–water partition coefficient (Wildman–Crippen LogP) is 0.363. The molecule has 0 aromatic rings. The molecule has 1 rings (SSSR count). The van der Waals surface area contributed by atoms with Gasteiger partial charge in [0, 0.05) is 6.42 Å². The van der Waals surface area contributed by atoms with Crippen molar-refractivity contribution in [1.29, 1.82) is 5.26 Å². The number of rotatable bonds is 3. The lowest BCUT2D eigenvalue weighted by atomic mass is 9.94. The Morgan fingerprint density at radius 2 is 2.54 bits per heavy atom. The molecule has 1 aliphatic rings. The summed E-state index contributed by atoms with van der Waals surface area (Å²) < 4.78 is 0. The number of hydrogen-bond acceptors (Lipinski definition) is 3. The van der Waals surface area contributed by atoms with E-state index in [4.69, 9.17) is 5.26 Å². The lowest BCUT2D eigenvalue weighted by Gasteiger charge is -2.21. The fourth-order valence-corrected chi connectivity index (χ4v) is 1.63. The van der Waals surface area contributed by atoms with Gasteiger partial charge in [-0.3, -0.25) is 10.1 Å². The molecule has 1 saturated heterocycles. The fourth-order valence-electron chi connectivity index (χ4n) is 1.63. The van der Waals surface area contributed by atoms with Gasteiger partial charge in [0.1, 0.15) is 0 Å². The summed E-state index contributed by atoms with van der Waals surface area (Å²) in [5, 5.41) is 13.6. The predicted molar refractivity (Wildman–Crippen MR) is 48.6 cm³/mol. The van der Waals surface area contributed by atoms with Gasteiger partial charge in [0.25, 0.3) is 0 Å². The smallest absolute Gasteiger partial charge is 0.232 e. The Hall–Kier alpha value is -1.08. The molecule has 0 bridgehead atoms. The molecule has 4 nitrogen and oxygen atoms in total. The summed E-state index contributed by atoms with van der Waals surface area (Å²) >= 11 is 0. The van der Waals surface area contributed by atoms with E-state index in [9.17, 15) is 4.79 Å². The van der Waals surface area contributed by atoms with Crippen LogP contribution in [0, 0.1) is 17.4 Å². The van der Waals surface area contributed by atoms with Crippen molar-refractivity contribution in [3.05, 3.63) is 0 Å². The van der Waals surface area contributed by atoms with Crippen LogP contribution in [0.25, 0.3) is 0 Å². The van der Waals surface area contributed by atoms with E-state index in [1.807, 2.05) is 0 Å². The van der Waals surface area contributed by atoms with Gasteiger partial charge in [0.15, 0.2) is 6.19 Å². The number of piperidine rings is 1. The molecule has 2 N–H and O–H groups in total. The summed E-state index contributed by atoms with van der Waals surface area (Å²) in [7, 11) is 0. The molecule has 1 unspecified atom stereocenters. The molecular formula is C9H15N3O. The van der Waals surface area contributed by atoms with Gasteiger partial charge in [-0.25, -0.2) is 0 Å². The Bertz CT molecular complexity index is 203. The van der Waals surface area contributed by atoms with Gasteiger partial charge in [0.2, 0.25) is 5.91 Å². The molecular weight excluding hydrogens is 166 g/mol. The second-order valence-electron chi connectivity index (χ2n) is 3.41. The molecule has 1 amide bonds. The molecule has 1 heterocycles. The highest BCUT2D eigenvalue weighted by Gasteiger charge is 2.13. The minimum absolute atomic E-state index is 0.159. The minimum atomic E-state index is -0.159. The van der Waals surface area contributed by atoms with Crippen LogP contribution in [-0.4, -0.2) is 19.0 Å². The van der Waals surface area contributed by atoms with Crippen molar-refractivity contribution in [3.63, 3.8) is 0 Å². The Morgan fingerprint density at radius 1 is 1.69 bits per heavy atom. The van der Waals surface area contributed by atoms with Crippen LogP contribution >= 0.6 is 0 Å². The van der Waals surface area contributed by atoms with Gasteiger partial charge in [-0.1, -0.05) is 0 Å². The highest BCUT2D eigenvalue weighted by Crippen LogP contribution is 2.15. The molecule has 0 aromatic carbocycles. The Balaban J connectivity index is 2.10. The summed E-state index contributed by atoms with van der Waals surface area (Å²) in [6.07, 6.45) is 5.40. The molecule has 0 radical (unpaired) electrons. The zero-order chi connectivity index (χ0) is 9.52. The molecule has 1 aliphatic heterocycles. The van der Waals surface area contributed by atoms with Crippen LogP contribution in [0.5, 0.6) is 0 Å². The molecule has 1 atom stereocenters. The number of nitrogens with zero attached hydrogens (tertiary/aromatic N) is 1. The third kappa shape index (κ3) is 3.90. The summed E-state index contributed by atoms with van der Waals surface area (Å²) in [5.41, 5.74) is 0. The number of amides is 1. The zero-order valence-electron chi connectivity index (χ0n) is 7.68. The van der Waals surface area contributed by atoms with E-state index in [1.54, 1.807) is 6.19 Å². The van der Waals surface area contributed by atoms with E-state index in [-0.39, 0.29) is 5.91 Å². The van der Waals surface area contributed by atoms with Crippen molar-refractivity contribution in [2.45, 2.75) is 25.7 Å². The average Bonchev–Trinajstić information content (AvgIpc) is 2.17. The number of hydrogen-bond donors (Lipinski definition) is 2. The molecule has 0 saturated carbocycles. The first-order valence-corrected chi connectivity index (χ1v) is 4.71. The standard InChI is InChI=1S/C9H15N3O/c10-7-12-9(13)4-3-8-2-1-5-11-6-8/h8,11H,1-6H2,(H,12,13). The number of nitrogens with one attached hydrogen (secondary N) is 2. The number of carbonyl (C=O) groups excluding carboxylic acids is 1. The summed E-state index contributed by atoms with van der Waals surface area (Å²) in [5.74, 6) is 0.450. The largest absolute Gasteiger partial charge is 0.316 e. The molecule has 13 heavy (non-hydrogen) atoms. The van der Waals surface area contributed by atoms with Gasteiger partial charge >= 0.3 is 0 Å². The molecule has 4 heteroatoms. The summed E-state index contributed by atoms with van der Waals surface area (Å²) in [6, 6.07) is 0. The van der Waals surface area contributed by atoms with Crippen LogP contribution in [0.2, 0.25) is 0 Å². The van der Waals surface area contributed by atoms with Gasteiger partial charge in [-0.2, -0.15) is 5.26 Å². The van der Waals surface area contributed by atoms with Crippen LogP contribution < -0.4 is 10.6 Å². The summed E-state index contributed by atoms with van der Waals surface area (Å²) in [6.45, 7) is 2.11. The molecule has 72 valence electrons. The van der Waals surface area contributed by atoms with Crippen LogP contribution in [-0.2, 0) is 4.79 Å². The lowest BCUT2D eigenvalue weighted by molar-refractivity contribution is -0.120. The van der Waals surface area contributed by atoms with Crippen molar-refractivity contribution in [2.75, 3.05) is 13.1 Å². The first-order chi connectivity index (χ1) is 6.33. The topological polar surface area (TPSA) is 64.9 Å². The first-order valence-electron chi connectivity index (χ1n) is 4.71. The van der Waals surface area contributed by atoms with Crippen LogP contribution in [0.4, 0.5) is 0 Å². The van der Waals surface area contributed by atoms with Crippen molar-refractivity contribution in [1.82, 2.24) is 10.6 Å². The second kappa shape index (κ2) is 5.55. The van der Waals surface area contributed by atoms with Crippen LogP contribution in [0.3, 0.4) is 0 Å². The Kier molecular flexibility index (Phi) is 4.27. The molecule has 0 spiro atoms. The maximum absolute atomic E-state index is 10.9. The first kappa shape index (κ1) is 10.0. The Labute approximate surface area is 78.3 Å². The maximum Gasteiger partial charge on any atom is 0.232 e. The van der Waals surface area contributed by atoms with Gasteiger partial charge in [0.05, 0.1) is 0 Å². The molecule has 0 aromatic heterocycles. The number of carbonyl (C=O) groups is 1. The lowest BCUT2D eigenvalue weighted by Crippen LogP contribution is -2.30.